The van der Waals surface area contributed by atoms with Gasteiger partial charge in [0, 0.05) is 0 Å². The smallest absolute Gasteiger partial charge is 0.269 e. The van der Waals surface area contributed by atoms with Gasteiger partial charge in [0.25, 0.3) is 12.8 Å². The second kappa shape index (κ2) is 3.00. The Morgan fingerprint density at radius 2 is 2.64 bits per heavy atom. The standard InChI is InChI=1S/C5H6FN3O2/c6-3-11-9-2-1-4(8-9)5(7)10/h1-2H,3H2,(H2,7,10). The summed E-state index contributed by atoms with van der Waals surface area (Å²) in [7, 11) is 0. The minimum Gasteiger partial charge on any atom is -0.364 e. The Labute approximate surface area is 61.5 Å². The van der Waals surface area contributed by atoms with Crippen molar-refractivity contribution in [2.45, 2.75) is 0 Å². The van der Waals surface area contributed by atoms with Gasteiger partial charge in [0.15, 0.2) is 5.69 Å². The molecule has 0 fully saturated rings. The van der Waals surface area contributed by atoms with Crippen LogP contribution in [0, 0.1) is 0 Å². The molecule has 1 heterocycles. The van der Waals surface area contributed by atoms with Crippen molar-refractivity contribution in [1.29, 1.82) is 0 Å². The molecule has 0 bridgehead atoms. The molecule has 2 N–H and O–H groups in total. The first-order valence-corrected chi connectivity index (χ1v) is 2.79. The van der Waals surface area contributed by atoms with Crippen LogP contribution in [0.25, 0.3) is 0 Å². The molecule has 0 aliphatic rings. The monoisotopic (exact) mass is 159 g/mol. The van der Waals surface area contributed by atoms with Crippen molar-refractivity contribution in [2.24, 2.45) is 5.73 Å². The predicted molar refractivity (Wildman–Crippen MR) is 33.3 cm³/mol. The van der Waals surface area contributed by atoms with Crippen LogP contribution in [-0.4, -0.2) is 22.7 Å². The summed E-state index contributed by atoms with van der Waals surface area (Å²) in [6.45, 7) is -1.00. The number of hydrogen-bond donors (Lipinski definition) is 1. The highest BCUT2D eigenvalue weighted by molar-refractivity contribution is 5.90. The van der Waals surface area contributed by atoms with E-state index >= 15 is 0 Å². The lowest BCUT2D eigenvalue weighted by atomic mass is 10.4. The van der Waals surface area contributed by atoms with E-state index < -0.39 is 12.8 Å². The van der Waals surface area contributed by atoms with Crippen molar-refractivity contribution in [2.75, 3.05) is 6.86 Å². The predicted octanol–water partition coefficient (Wildman–Crippen LogP) is -0.662. The third kappa shape index (κ3) is 1.66. The number of hydrogen-bond acceptors (Lipinski definition) is 3. The van der Waals surface area contributed by atoms with E-state index in [-0.39, 0.29) is 5.69 Å². The van der Waals surface area contributed by atoms with Gasteiger partial charge < -0.3 is 10.6 Å². The fourth-order valence-corrected chi connectivity index (χ4v) is 0.561. The van der Waals surface area contributed by atoms with E-state index in [4.69, 9.17) is 5.73 Å². The van der Waals surface area contributed by atoms with Crippen LogP contribution in [0.4, 0.5) is 4.39 Å². The molecule has 5 nitrogen and oxygen atoms in total. The maximum absolute atomic E-state index is 11.5. The maximum Gasteiger partial charge on any atom is 0.269 e. The molecule has 0 spiro atoms. The van der Waals surface area contributed by atoms with Gasteiger partial charge in [0.1, 0.15) is 0 Å². The third-order valence-corrected chi connectivity index (χ3v) is 1.000. The van der Waals surface area contributed by atoms with E-state index in [0.717, 1.165) is 4.85 Å². The van der Waals surface area contributed by atoms with Crippen LogP contribution in [-0.2, 0) is 0 Å². The van der Waals surface area contributed by atoms with Crippen LogP contribution in [0.5, 0.6) is 0 Å². The summed E-state index contributed by atoms with van der Waals surface area (Å²) in [4.78, 5) is 15.5. The van der Waals surface area contributed by atoms with Crippen LogP contribution in [0.3, 0.4) is 0 Å². The first-order valence-electron chi connectivity index (χ1n) is 2.79. The Hall–Kier alpha value is -1.59. The Bertz CT molecular complexity index is 260. The fraction of sp³-hybridized carbons (Fsp3) is 0.200. The SMILES string of the molecule is NC(=O)c1ccn(OCF)n1. The van der Waals surface area contributed by atoms with Gasteiger partial charge in [-0.15, -0.1) is 9.94 Å². The molecule has 60 valence electrons. The zero-order chi connectivity index (χ0) is 8.27. The molecule has 0 aromatic carbocycles. The van der Waals surface area contributed by atoms with Crippen molar-refractivity contribution in [3.63, 3.8) is 0 Å². The molecule has 1 aromatic heterocycles. The Kier molecular flexibility index (Phi) is 2.05. The van der Waals surface area contributed by atoms with Crippen molar-refractivity contribution >= 4 is 5.91 Å². The summed E-state index contributed by atoms with van der Waals surface area (Å²) in [5.41, 5.74) is 4.90. The van der Waals surface area contributed by atoms with E-state index in [1.165, 1.54) is 12.3 Å². The van der Waals surface area contributed by atoms with Crippen molar-refractivity contribution in [3.05, 3.63) is 18.0 Å². The quantitative estimate of drug-likeness (QED) is 0.636. The van der Waals surface area contributed by atoms with E-state index in [2.05, 4.69) is 9.94 Å². The Morgan fingerprint density at radius 1 is 1.91 bits per heavy atom. The molecular weight excluding hydrogens is 153 g/mol. The second-order valence-corrected chi connectivity index (χ2v) is 1.71. The molecule has 0 unspecified atom stereocenters. The molecule has 6 heteroatoms. The lowest BCUT2D eigenvalue weighted by Crippen LogP contribution is -2.15. The molecule has 1 amide bonds. The molecule has 0 saturated carbocycles. The minimum atomic E-state index is -1.00. The van der Waals surface area contributed by atoms with Crippen molar-refractivity contribution < 1.29 is 14.0 Å². The molecule has 0 saturated heterocycles. The maximum atomic E-state index is 11.5. The highest BCUT2D eigenvalue weighted by atomic mass is 19.1. The molecule has 0 atom stereocenters. The molecule has 1 aromatic rings. The van der Waals surface area contributed by atoms with Gasteiger partial charge in [0.2, 0.25) is 0 Å². The van der Waals surface area contributed by atoms with Gasteiger partial charge in [-0.1, -0.05) is 0 Å². The van der Waals surface area contributed by atoms with Gasteiger partial charge in [-0.2, -0.15) is 0 Å². The van der Waals surface area contributed by atoms with Crippen LogP contribution in [0.15, 0.2) is 12.3 Å². The normalized spacial score (nSPS) is 9.55. The zero-order valence-corrected chi connectivity index (χ0v) is 5.53. The number of amides is 1. The fourth-order valence-electron chi connectivity index (χ4n) is 0.561. The summed E-state index contributed by atoms with van der Waals surface area (Å²) >= 11 is 0. The molecule has 0 aliphatic heterocycles. The molecule has 11 heavy (non-hydrogen) atoms. The van der Waals surface area contributed by atoms with Gasteiger partial charge in [-0.05, 0) is 6.07 Å². The number of carbonyl (C=O) groups is 1. The summed E-state index contributed by atoms with van der Waals surface area (Å²) in [6, 6.07) is 1.33. The van der Waals surface area contributed by atoms with Crippen LogP contribution < -0.4 is 10.6 Å². The molecule has 0 radical (unpaired) electrons. The number of primary amides is 1. The van der Waals surface area contributed by atoms with Gasteiger partial charge >= 0.3 is 0 Å². The number of nitrogens with zero attached hydrogens (tertiary/aromatic N) is 2. The number of alkyl halides is 1. The Balaban J connectivity index is 2.73. The van der Waals surface area contributed by atoms with Gasteiger partial charge in [0.05, 0.1) is 6.20 Å². The van der Waals surface area contributed by atoms with Crippen molar-refractivity contribution in [3.8, 4) is 0 Å². The average Bonchev–Trinajstić information content (AvgIpc) is 2.37. The summed E-state index contributed by atoms with van der Waals surface area (Å²) < 4.78 is 11.5. The van der Waals surface area contributed by atoms with Crippen LogP contribution in [0.1, 0.15) is 10.5 Å². The van der Waals surface area contributed by atoms with Gasteiger partial charge in [-0.25, -0.2) is 4.39 Å². The van der Waals surface area contributed by atoms with Gasteiger partial charge in [-0.3, -0.25) is 4.79 Å². The van der Waals surface area contributed by atoms with E-state index in [0.29, 0.717) is 0 Å². The highest BCUT2D eigenvalue weighted by Crippen LogP contribution is 1.91. The largest absolute Gasteiger partial charge is 0.364 e. The first kappa shape index (κ1) is 7.52. The van der Waals surface area contributed by atoms with E-state index in [1.807, 2.05) is 0 Å². The summed E-state index contributed by atoms with van der Waals surface area (Å²) in [5.74, 6) is -0.675. The first-order chi connectivity index (χ1) is 5.24. The lowest BCUT2D eigenvalue weighted by molar-refractivity contribution is 0.0209. The average molecular weight is 159 g/mol. The second-order valence-electron chi connectivity index (χ2n) is 1.71. The number of aromatic nitrogens is 2. The molecule has 0 aliphatic carbocycles. The lowest BCUT2D eigenvalue weighted by Gasteiger charge is -1.95. The van der Waals surface area contributed by atoms with Crippen LogP contribution >= 0.6 is 0 Å². The molecule has 1 rings (SSSR count). The zero-order valence-electron chi connectivity index (χ0n) is 5.53. The number of halogens is 1. The topological polar surface area (TPSA) is 70.1 Å². The Morgan fingerprint density at radius 3 is 3.09 bits per heavy atom. The number of rotatable bonds is 3. The van der Waals surface area contributed by atoms with Crippen LogP contribution in [0.2, 0.25) is 0 Å². The molecular formula is C5H6FN3O2. The van der Waals surface area contributed by atoms with Crippen molar-refractivity contribution in [1.82, 2.24) is 9.94 Å². The number of nitrogens with two attached hydrogens (primary N) is 1. The van der Waals surface area contributed by atoms with E-state index in [9.17, 15) is 9.18 Å². The summed E-state index contributed by atoms with van der Waals surface area (Å²) in [6.07, 6.45) is 1.29. The summed E-state index contributed by atoms with van der Waals surface area (Å²) in [5, 5.41) is 3.48. The highest BCUT2D eigenvalue weighted by Gasteiger charge is 2.03. The van der Waals surface area contributed by atoms with E-state index in [1.54, 1.807) is 0 Å². The minimum absolute atomic E-state index is 0.0402. The third-order valence-electron chi connectivity index (χ3n) is 1.000. The number of carbonyl (C=O) groups excluding carboxylic acids is 1.